The van der Waals surface area contributed by atoms with Gasteiger partial charge >= 0.3 is 0 Å². The Labute approximate surface area is 158 Å². The smallest absolute Gasteiger partial charge is 0.255 e. The fourth-order valence-corrected chi connectivity index (χ4v) is 4.31. The molecule has 1 fully saturated rings. The van der Waals surface area contributed by atoms with Crippen molar-refractivity contribution in [3.63, 3.8) is 0 Å². The van der Waals surface area contributed by atoms with Gasteiger partial charge in [-0.15, -0.1) is 0 Å². The number of amides is 1. The first-order chi connectivity index (χ1) is 13.3. The van der Waals surface area contributed by atoms with Crippen LogP contribution < -0.4 is 0 Å². The van der Waals surface area contributed by atoms with E-state index in [9.17, 15) is 4.79 Å². The van der Waals surface area contributed by atoms with Gasteiger partial charge in [-0.05, 0) is 44.1 Å². The van der Waals surface area contributed by atoms with Crippen molar-refractivity contribution in [3.05, 3.63) is 60.0 Å². The third kappa shape index (κ3) is 3.10. The van der Waals surface area contributed by atoms with E-state index in [2.05, 4.69) is 19.7 Å². The van der Waals surface area contributed by atoms with E-state index in [0.29, 0.717) is 18.7 Å². The van der Waals surface area contributed by atoms with Crippen molar-refractivity contribution in [1.82, 2.24) is 24.6 Å². The molecule has 5 rings (SSSR count). The highest BCUT2D eigenvalue weighted by atomic mass is 16.2. The second-order valence-electron chi connectivity index (χ2n) is 7.53. The van der Waals surface area contributed by atoms with Gasteiger partial charge in [0.1, 0.15) is 0 Å². The van der Waals surface area contributed by atoms with Crippen LogP contribution >= 0.6 is 0 Å². The Morgan fingerprint density at radius 3 is 2.89 bits per heavy atom. The highest BCUT2D eigenvalue weighted by Crippen LogP contribution is 2.24. The third-order valence-corrected chi connectivity index (χ3v) is 5.67. The molecule has 1 atom stereocenters. The number of likely N-dealkylation sites (tertiary alicyclic amines) is 1. The Morgan fingerprint density at radius 2 is 2.00 bits per heavy atom. The van der Waals surface area contributed by atoms with Crippen molar-refractivity contribution < 1.29 is 4.79 Å². The summed E-state index contributed by atoms with van der Waals surface area (Å²) >= 11 is 0. The molecule has 138 valence electrons. The second kappa shape index (κ2) is 6.78. The number of para-hydroxylation sites is 1. The van der Waals surface area contributed by atoms with Gasteiger partial charge in [-0.25, -0.2) is 0 Å². The maximum atomic E-state index is 13.2. The van der Waals surface area contributed by atoms with Crippen LogP contribution in [0.4, 0.5) is 0 Å². The summed E-state index contributed by atoms with van der Waals surface area (Å²) in [6, 6.07) is 12.1. The number of hydrogen-bond donors (Lipinski definition) is 0. The zero-order valence-corrected chi connectivity index (χ0v) is 15.3. The lowest BCUT2D eigenvalue weighted by atomic mass is 10.1. The lowest BCUT2D eigenvalue weighted by molar-refractivity contribution is 0.0646. The average molecular weight is 361 g/mol. The van der Waals surface area contributed by atoms with Crippen molar-refractivity contribution >= 4 is 16.8 Å². The lowest BCUT2D eigenvalue weighted by Crippen LogP contribution is -2.45. The first-order valence-electron chi connectivity index (χ1n) is 9.67. The molecule has 0 bridgehead atoms. The summed E-state index contributed by atoms with van der Waals surface area (Å²) in [7, 11) is 0. The topological polar surface area (TPSA) is 54.3 Å². The van der Waals surface area contributed by atoms with Crippen LogP contribution in [0.1, 0.15) is 34.9 Å². The van der Waals surface area contributed by atoms with E-state index in [1.54, 1.807) is 6.20 Å². The van der Waals surface area contributed by atoms with Gasteiger partial charge < -0.3 is 9.80 Å². The molecule has 1 unspecified atom stereocenters. The number of benzene rings is 1. The van der Waals surface area contributed by atoms with Gasteiger partial charge in [0.15, 0.2) is 0 Å². The Hall–Kier alpha value is -2.73. The van der Waals surface area contributed by atoms with Gasteiger partial charge in [-0.1, -0.05) is 18.2 Å². The van der Waals surface area contributed by atoms with E-state index in [0.717, 1.165) is 36.2 Å². The first kappa shape index (κ1) is 16.4. The minimum atomic E-state index is 0.0483. The molecule has 0 N–H and O–H groups in total. The predicted octanol–water partition coefficient (Wildman–Crippen LogP) is 2.72. The molecular weight excluding hydrogens is 338 g/mol. The number of fused-ring (bicyclic) bond motifs is 2. The van der Waals surface area contributed by atoms with E-state index in [-0.39, 0.29) is 11.9 Å². The van der Waals surface area contributed by atoms with Gasteiger partial charge in [0.2, 0.25) is 0 Å². The maximum Gasteiger partial charge on any atom is 0.255 e. The van der Waals surface area contributed by atoms with Crippen molar-refractivity contribution in [1.29, 1.82) is 0 Å². The zero-order chi connectivity index (χ0) is 18.2. The van der Waals surface area contributed by atoms with Crippen molar-refractivity contribution in [2.24, 2.45) is 0 Å². The Bertz CT molecular complexity index is 975. The molecule has 2 aliphatic heterocycles. The molecule has 6 nitrogen and oxygen atoms in total. The molecule has 0 aliphatic carbocycles. The molecule has 0 saturated carbocycles. The van der Waals surface area contributed by atoms with Gasteiger partial charge in [0.05, 0.1) is 29.4 Å². The maximum absolute atomic E-state index is 13.2. The molecule has 2 aliphatic rings. The van der Waals surface area contributed by atoms with Crippen LogP contribution in [0, 0.1) is 0 Å². The summed E-state index contributed by atoms with van der Waals surface area (Å²) in [5.41, 5.74) is 2.67. The van der Waals surface area contributed by atoms with Crippen molar-refractivity contribution in [2.75, 3.05) is 26.2 Å². The molecule has 1 saturated heterocycles. The molecular formula is C21H23N5O. The van der Waals surface area contributed by atoms with Crippen LogP contribution in [0.25, 0.3) is 10.9 Å². The van der Waals surface area contributed by atoms with Crippen molar-refractivity contribution in [2.45, 2.75) is 25.4 Å². The largest absolute Gasteiger partial charge is 0.331 e. The van der Waals surface area contributed by atoms with Crippen LogP contribution in [0.5, 0.6) is 0 Å². The Kier molecular flexibility index (Phi) is 4.13. The number of carbonyl (C=O) groups excluding carboxylic acids is 1. The highest BCUT2D eigenvalue weighted by molar-refractivity contribution is 5.97. The number of carbonyl (C=O) groups is 1. The van der Waals surface area contributed by atoms with E-state index in [1.165, 1.54) is 12.8 Å². The molecule has 0 spiro atoms. The number of rotatable bonds is 3. The number of nitrogens with zero attached hydrogens (tertiary/aromatic N) is 5. The van der Waals surface area contributed by atoms with E-state index in [4.69, 9.17) is 0 Å². The molecule has 2 aromatic heterocycles. The average Bonchev–Trinajstić information content (AvgIpc) is 3.38. The molecule has 1 amide bonds. The van der Waals surface area contributed by atoms with Gasteiger partial charge in [-0.3, -0.25) is 14.5 Å². The van der Waals surface area contributed by atoms with Crippen LogP contribution in [-0.2, 0) is 6.54 Å². The lowest BCUT2D eigenvalue weighted by Gasteiger charge is -2.35. The summed E-state index contributed by atoms with van der Waals surface area (Å²) in [4.78, 5) is 22.1. The summed E-state index contributed by atoms with van der Waals surface area (Å²) in [5, 5.41) is 5.53. The third-order valence-electron chi connectivity index (χ3n) is 5.67. The minimum Gasteiger partial charge on any atom is -0.331 e. The van der Waals surface area contributed by atoms with E-state index >= 15 is 0 Å². The Balaban J connectivity index is 1.41. The number of pyridine rings is 1. The van der Waals surface area contributed by atoms with Crippen molar-refractivity contribution in [3.8, 4) is 0 Å². The van der Waals surface area contributed by atoms with Gasteiger partial charge in [0, 0.05) is 30.9 Å². The molecule has 6 heteroatoms. The summed E-state index contributed by atoms with van der Waals surface area (Å²) < 4.78 is 2.11. The predicted molar refractivity (Wildman–Crippen MR) is 103 cm³/mol. The van der Waals surface area contributed by atoms with Gasteiger partial charge in [-0.2, -0.15) is 5.10 Å². The van der Waals surface area contributed by atoms with Crippen LogP contribution in [0.2, 0.25) is 0 Å². The van der Waals surface area contributed by atoms with Crippen LogP contribution in [0.15, 0.2) is 48.8 Å². The highest BCUT2D eigenvalue weighted by Gasteiger charge is 2.31. The van der Waals surface area contributed by atoms with E-state index in [1.807, 2.05) is 47.5 Å². The van der Waals surface area contributed by atoms with Crippen LogP contribution in [0.3, 0.4) is 0 Å². The monoisotopic (exact) mass is 361 g/mol. The number of hydrogen-bond acceptors (Lipinski definition) is 4. The number of aromatic nitrogens is 3. The molecule has 4 heterocycles. The minimum absolute atomic E-state index is 0.0483. The fourth-order valence-electron chi connectivity index (χ4n) is 4.31. The first-order valence-corrected chi connectivity index (χ1v) is 9.67. The van der Waals surface area contributed by atoms with E-state index < -0.39 is 0 Å². The SMILES string of the molecule is O=C(c1cnc2ccccc2c1)N1Cc2ccnn2C(CN2CCCC2)C1. The molecule has 27 heavy (non-hydrogen) atoms. The zero-order valence-electron chi connectivity index (χ0n) is 15.3. The summed E-state index contributed by atoms with van der Waals surface area (Å²) in [6.07, 6.45) is 6.08. The summed E-state index contributed by atoms with van der Waals surface area (Å²) in [6.45, 7) is 4.54. The molecule has 1 aromatic carbocycles. The summed E-state index contributed by atoms with van der Waals surface area (Å²) in [5.74, 6) is 0.0483. The van der Waals surface area contributed by atoms with Gasteiger partial charge in [0.25, 0.3) is 5.91 Å². The van der Waals surface area contributed by atoms with Crippen LogP contribution in [-0.4, -0.2) is 56.7 Å². The second-order valence-corrected chi connectivity index (χ2v) is 7.53. The fraction of sp³-hybridized carbons (Fsp3) is 0.381. The standard InChI is InChI=1S/C21H23N5O/c27-21(17-11-16-5-1-2-6-20(16)22-12-17)25-14-18-7-8-23-26(18)19(15-25)13-24-9-3-4-10-24/h1-2,5-8,11-12,19H,3-4,9-10,13-15H2. The quantitative estimate of drug-likeness (QED) is 0.720. The molecule has 0 radical (unpaired) electrons. The normalized spacial score (nSPS) is 20.1. The molecule has 3 aromatic rings. The Morgan fingerprint density at radius 1 is 1.15 bits per heavy atom.